The number of hydrogen-bond donors (Lipinski definition) is 1. The van der Waals surface area contributed by atoms with Crippen LogP contribution in [0.4, 0.5) is 10.6 Å². The quantitative estimate of drug-likeness (QED) is 0.919. The van der Waals surface area contributed by atoms with E-state index in [-0.39, 0.29) is 12.1 Å². The van der Waals surface area contributed by atoms with E-state index in [9.17, 15) is 4.79 Å². The second-order valence-electron chi connectivity index (χ2n) is 6.88. The monoisotopic (exact) mass is 326 g/mol. The molecule has 1 fully saturated rings. The highest BCUT2D eigenvalue weighted by atomic mass is 16.2. The molecule has 2 aromatic rings. The van der Waals surface area contributed by atoms with Gasteiger partial charge in [-0.3, -0.25) is 5.32 Å². The normalized spacial score (nSPS) is 18.0. The molecule has 128 valence electrons. The summed E-state index contributed by atoms with van der Waals surface area (Å²) in [6.07, 6.45) is 3.90. The SMILES string of the molecule is Cc1cccc([C@@H]2CCCN(C(=O)Nc3ccnn3C(C)C)C2)c1. The molecule has 1 aliphatic heterocycles. The minimum Gasteiger partial charge on any atom is -0.324 e. The lowest BCUT2D eigenvalue weighted by atomic mass is 9.90. The molecule has 1 aromatic carbocycles. The molecule has 24 heavy (non-hydrogen) atoms. The van der Waals surface area contributed by atoms with E-state index >= 15 is 0 Å². The van der Waals surface area contributed by atoms with Crippen LogP contribution in [-0.4, -0.2) is 33.8 Å². The van der Waals surface area contributed by atoms with Crippen LogP contribution in [0.3, 0.4) is 0 Å². The Morgan fingerprint density at radius 2 is 2.17 bits per heavy atom. The molecule has 2 heterocycles. The number of benzene rings is 1. The largest absolute Gasteiger partial charge is 0.324 e. The van der Waals surface area contributed by atoms with Crippen LogP contribution in [-0.2, 0) is 0 Å². The molecular formula is C19H26N4O. The first kappa shape index (κ1) is 16.6. The summed E-state index contributed by atoms with van der Waals surface area (Å²) in [6.45, 7) is 7.80. The van der Waals surface area contributed by atoms with Crippen LogP contribution >= 0.6 is 0 Å². The summed E-state index contributed by atoms with van der Waals surface area (Å²) in [6, 6.07) is 10.7. The summed E-state index contributed by atoms with van der Waals surface area (Å²) in [5.74, 6) is 1.17. The fourth-order valence-electron chi connectivity index (χ4n) is 3.37. The lowest BCUT2D eigenvalue weighted by Crippen LogP contribution is -2.42. The van der Waals surface area contributed by atoms with Gasteiger partial charge in [-0.1, -0.05) is 29.8 Å². The average Bonchev–Trinajstić information content (AvgIpc) is 3.03. The number of aromatic nitrogens is 2. The standard InChI is InChI=1S/C19H26N4O/c1-14(2)23-18(9-10-20-23)21-19(24)22-11-5-8-17(13-22)16-7-4-6-15(3)12-16/h4,6-7,9-10,12,14,17H,5,8,11,13H2,1-3H3,(H,21,24)/t17-/m1/s1. The molecule has 0 spiro atoms. The number of anilines is 1. The first-order valence-electron chi connectivity index (χ1n) is 8.70. The minimum atomic E-state index is -0.0326. The lowest BCUT2D eigenvalue weighted by molar-refractivity contribution is 0.192. The van der Waals surface area contributed by atoms with Gasteiger partial charge in [0.05, 0.1) is 6.20 Å². The number of likely N-dealkylation sites (tertiary alicyclic amines) is 1. The van der Waals surface area contributed by atoms with E-state index in [1.165, 1.54) is 11.1 Å². The van der Waals surface area contributed by atoms with Gasteiger partial charge < -0.3 is 4.90 Å². The van der Waals surface area contributed by atoms with Crippen LogP contribution in [0.15, 0.2) is 36.5 Å². The zero-order valence-corrected chi connectivity index (χ0v) is 14.7. The van der Waals surface area contributed by atoms with Gasteiger partial charge in [0.1, 0.15) is 5.82 Å². The average molecular weight is 326 g/mol. The van der Waals surface area contributed by atoms with E-state index in [2.05, 4.69) is 55.5 Å². The number of rotatable bonds is 3. The first-order valence-corrected chi connectivity index (χ1v) is 8.70. The Hall–Kier alpha value is -2.30. The maximum absolute atomic E-state index is 12.7. The molecule has 1 aromatic heterocycles. The van der Waals surface area contributed by atoms with Crippen molar-refractivity contribution in [3.63, 3.8) is 0 Å². The molecule has 5 heteroatoms. The smallest absolute Gasteiger partial charge is 0.323 e. The molecular weight excluding hydrogens is 300 g/mol. The number of urea groups is 1. The number of nitrogens with zero attached hydrogens (tertiary/aromatic N) is 3. The molecule has 0 radical (unpaired) electrons. The van der Waals surface area contributed by atoms with E-state index in [1.807, 2.05) is 15.6 Å². The number of hydrogen-bond acceptors (Lipinski definition) is 2. The van der Waals surface area contributed by atoms with Crippen molar-refractivity contribution in [1.29, 1.82) is 0 Å². The van der Waals surface area contributed by atoms with Crippen LogP contribution in [0.25, 0.3) is 0 Å². The number of nitrogens with one attached hydrogen (secondary N) is 1. The third-order valence-corrected chi connectivity index (χ3v) is 4.62. The fraction of sp³-hybridized carbons (Fsp3) is 0.474. The number of piperidine rings is 1. The maximum atomic E-state index is 12.7. The van der Waals surface area contributed by atoms with Gasteiger partial charge in [-0.2, -0.15) is 5.10 Å². The molecule has 0 unspecified atom stereocenters. The molecule has 1 N–H and O–H groups in total. The van der Waals surface area contributed by atoms with Crippen LogP contribution < -0.4 is 5.32 Å². The Balaban J connectivity index is 1.68. The molecule has 5 nitrogen and oxygen atoms in total. The van der Waals surface area contributed by atoms with Gasteiger partial charge in [0.15, 0.2) is 0 Å². The predicted octanol–water partition coefficient (Wildman–Crippen LogP) is 4.18. The van der Waals surface area contributed by atoms with Crippen LogP contribution in [0.2, 0.25) is 0 Å². The number of carbonyl (C=O) groups excluding carboxylic acids is 1. The Morgan fingerprint density at radius 3 is 2.92 bits per heavy atom. The van der Waals surface area contributed by atoms with Crippen molar-refractivity contribution in [2.45, 2.75) is 45.6 Å². The number of aryl methyl sites for hydroxylation is 1. The molecule has 2 amide bonds. The van der Waals surface area contributed by atoms with Crippen molar-refractivity contribution in [1.82, 2.24) is 14.7 Å². The Labute approximate surface area is 143 Å². The van der Waals surface area contributed by atoms with Crippen molar-refractivity contribution in [3.05, 3.63) is 47.7 Å². The zero-order chi connectivity index (χ0) is 17.1. The highest BCUT2D eigenvalue weighted by Gasteiger charge is 2.25. The highest BCUT2D eigenvalue weighted by Crippen LogP contribution is 2.28. The molecule has 1 saturated heterocycles. The summed E-state index contributed by atoms with van der Waals surface area (Å²) < 4.78 is 1.83. The first-order chi connectivity index (χ1) is 11.5. The van der Waals surface area contributed by atoms with E-state index in [0.29, 0.717) is 5.92 Å². The maximum Gasteiger partial charge on any atom is 0.323 e. The zero-order valence-electron chi connectivity index (χ0n) is 14.7. The number of amides is 2. The van der Waals surface area contributed by atoms with Crippen LogP contribution in [0.5, 0.6) is 0 Å². The van der Waals surface area contributed by atoms with Crippen molar-refractivity contribution < 1.29 is 4.79 Å². The minimum absolute atomic E-state index is 0.0326. The van der Waals surface area contributed by atoms with Crippen molar-refractivity contribution in [2.75, 3.05) is 18.4 Å². The van der Waals surface area contributed by atoms with E-state index < -0.39 is 0 Å². The summed E-state index contributed by atoms with van der Waals surface area (Å²) in [7, 11) is 0. The summed E-state index contributed by atoms with van der Waals surface area (Å²) in [4.78, 5) is 14.6. The Kier molecular flexibility index (Phi) is 4.88. The van der Waals surface area contributed by atoms with E-state index in [4.69, 9.17) is 0 Å². The Bertz CT molecular complexity index is 707. The molecule has 0 saturated carbocycles. The van der Waals surface area contributed by atoms with Gasteiger partial charge in [-0.05, 0) is 39.2 Å². The van der Waals surface area contributed by atoms with Gasteiger partial charge >= 0.3 is 6.03 Å². The molecule has 3 rings (SSSR count). The third kappa shape index (κ3) is 3.61. The lowest BCUT2D eigenvalue weighted by Gasteiger charge is -2.33. The van der Waals surface area contributed by atoms with Crippen molar-refractivity contribution >= 4 is 11.8 Å². The van der Waals surface area contributed by atoms with Gasteiger partial charge in [0.25, 0.3) is 0 Å². The molecule has 1 atom stereocenters. The van der Waals surface area contributed by atoms with Gasteiger partial charge in [0, 0.05) is 31.1 Å². The summed E-state index contributed by atoms with van der Waals surface area (Å²) >= 11 is 0. The molecule has 0 aliphatic carbocycles. The highest BCUT2D eigenvalue weighted by molar-refractivity contribution is 5.88. The van der Waals surface area contributed by atoms with Gasteiger partial charge in [-0.15, -0.1) is 0 Å². The third-order valence-electron chi connectivity index (χ3n) is 4.62. The second-order valence-corrected chi connectivity index (χ2v) is 6.88. The molecule has 1 aliphatic rings. The van der Waals surface area contributed by atoms with Crippen LogP contribution in [0, 0.1) is 6.92 Å². The van der Waals surface area contributed by atoms with E-state index in [0.717, 1.165) is 31.7 Å². The van der Waals surface area contributed by atoms with Gasteiger partial charge in [-0.25, -0.2) is 9.48 Å². The topological polar surface area (TPSA) is 50.2 Å². The van der Waals surface area contributed by atoms with Crippen molar-refractivity contribution in [3.8, 4) is 0 Å². The van der Waals surface area contributed by atoms with Gasteiger partial charge in [0.2, 0.25) is 0 Å². The second kappa shape index (κ2) is 7.07. The summed E-state index contributed by atoms with van der Waals surface area (Å²) in [5.41, 5.74) is 2.61. The Morgan fingerprint density at radius 1 is 1.33 bits per heavy atom. The van der Waals surface area contributed by atoms with Crippen molar-refractivity contribution in [2.24, 2.45) is 0 Å². The predicted molar refractivity (Wildman–Crippen MR) is 96.4 cm³/mol. The van der Waals surface area contributed by atoms with Crippen LogP contribution in [0.1, 0.15) is 49.8 Å². The summed E-state index contributed by atoms with van der Waals surface area (Å²) in [5, 5.41) is 7.28. The fourth-order valence-corrected chi connectivity index (χ4v) is 3.37. The molecule has 0 bridgehead atoms. The number of carbonyl (C=O) groups is 1. The van der Waals surface area contributed by atoms with E-state index in [1.54, 1.807) is 6.20 Å².